The number of hydrogen-bond acceptors (Lipinski definition) is 6. The topological polar surface area (TPSA) is 124 Å². The van der Waals surface area contributed by atoms with Crippen LogP contribution in [-0.2, 0) is 9.59 Å². The molecule has 178 valence electrons. The normalized spacial score (nSPS) is 14.9. The van der Waals surface area contributed by atoms with E-state index in [1.807, 2.05) is 11.5 Å². The third-order valence-electron chi connectivity index (χ3n) is 5.84. The summed E-state index contributed by atoms with van der Waals surface area (Å²) in [5, 5.41) is 13.4. The van der Waals surface area contributed by atoms with Gasteiger partial charge in [-0.05, 0) is 56.2 Å². The number of non-ortho nitro benzene ring substituents is 1. The van der Waals surface area contributed by atoms with Crippen molar-refractivity contribution in [2.75, 3.05) is 12.0 Å². The molecule has 2 aromatic carbocycles. The first-order valence-corrected chi connectivity index (χ1v) is 10.6. The van der Waals surface area contributed by atoms with Gasteiger partial charge < -0.3 is 9.30 Å². The molecule has 10 heteroatoms. The number of nitro groups is 1. The summed E-state index contributed by atoms with van der Waals surface area (Å²) in [6, 6.07) is 12.1. The number of aryl methyl sites for hydroxylation is 2. The van der Waals surface area contributed by atoms with Gasteiger partial charge in [-0.1, -0.05) is 18.2 Å². The van der Waals surface area contributed by atoms with E-state index >= 15 is 0 Å². The van der Waals surface area contributed by atoms with Gasteiger partial charge in [-0.3, -0.25) is 25.0 Å². The zero-order valence-corrected chi connectivity index (χ0v) is 19.5. The Morgan fingerprint density at radius 2 is 1.71 bits per heavy atom. The SMILES string of the molecule is COc1cc([N+](=O)[O-])ccc1-n1c(C)cc(/C=C2\C(=O)NC(=O)N(c3ccccc3C)C2=O)c1C. The quantitative estimate of drug-likeness (QED) is 0.258. The van der Waals surface area contributed by atoms with Gasteiger partial charge in [0.1, 0.15) is 11.3 Å². The average Bonchev–Trinajstić information content (AvgIpc) is 3.09. The maximum atomic E-state index is 13.3. The summed E-state index contributed by atoms with van der Waals surface area (Å²) in [5.41, 5.74) is 3.33. The van der Waals surface area contributed by atoms with Gasteiger partial charge in [0.15, 0.2) is 0 Å². The highest BCUT2D eigenvalue weighted by Crippen LogP contribution is 2.32. The van der Waals surface area contributed by atoms with Crippen LogP contribution in [0.25, 0.3) is 11.8 Å². The molecule has 0 saturated carbocycles. The number of benzene rings is 2. The molecule has 1 aromatic heterocycles. The van der Waals surface area contributed by atoms with E-state index in [1.165, 1.54) is 25.3 Å². The number of rotatable bonds is 5. The van der Waals surface area contributed by atoms with Crippen molar-refractivity contribution in [1.82, 2.24) is 9.88 Å². The molecule has 0 atom stereocenters. The van der Waals surface area contributed by atoms with Crippen LogP contribution in [0.3, 0.4) is 0 Å². The molecule has 0 radical (unpaired) electrons. The number of para-hydroxylation sites is 1. The zero-order chi connectivity index (χ0) is 25.4. The highest BCUT2D eigenvalue weighted by molar-refractivity contribution is 6.39. The monoisotopic (exact) mass is 474 g/mol. The maximum absolute atomic E-state index is 13.3. The van der Waals surface area contributed by atoms with Crippen molar-refractivity contribution in [2.45, 2.75) is 20.8 Å². The number of imide groups is 2. The highest BCUT2D eigenvalue weighted by atomic mass is 16.6. The predicted molar refractivity (Wildman–Crippen MR) is 129 cm³/mol. The molecule has 1 aliphatic rings. The van der Waals surface area contributed by atoms with Crippen LogP contribution >= 0.6 is 0 Å². The number of nitrogens with zero attached hydrogens (tertiary/aromatic N) is 3. The van der Waals surface area contributed by atoms with Crippen LogP contribution < -0.4 is 15.0 Å². The summed E-state index contributed by atoms with van der Waals surface area (Å²) in [6.07, 6.45) is 1.44. The van der Waals surface area contributed by atoms with E-state index in [1.54, 1.807) is 50.2 Å². The Bertz CT molecular complexity index is 1440. The number of amides is 4. The smallest absolute Gasteiger partial charge is 0.335 e. The number of urea groups is 1. The van der Waals surface area contributed by atoms with Crippen LogP contribution in [0.2, 0.25) is 0 Å². The van der Waals surface area contributed by atoms with Gasteiger partial charge in [-0.2, -0.15) is 0 Å². The van der Waals surface area contributed by atoms with Gasteiger partial charge in [-0.15, -0.1) is 0 Å². The minimum Gasteiger partial charge on any atom is -0.494 e. The highest BCUT2D eigenvalue weighted by Gasteiger charge is 2.37. The van der Waals surface area contributed by atoms with Crippen molar-refractivity contribution in [3.63, 3.8) is 0 Å². The third kappa shape index (κ3) is 4.05. The number of carbonyl (C=O) groups excluding carboxylic acids is 3. The number of hydrogen-bond donors (Lipinski definition) is 1. The summed E-state index contributed by atoms with van der Waals surface area (Å²) in [7, 11) is 1.42. The van der Waals surface area contributed by atoms with Crippen molar-refractivity contribution in [1.29, 1.82) is 0 Å². The molecule has 0 unspecified atom stereocenters. The second kappa shape index (κ2) is 8.90. The Morgan fingerprint density at radius 3 is 2.37 bits per heavy atom. The Morgan fingerprint density at radius 1 is 1.00 bits per heavy atom. The molecule has 4 amide bonds. The first-order chi connectivity index (χ1) is 16.6. The molecule has 3 aromatic rings. The lowest BCUT2D eigenvalue weighted by Crippen LogP contribution is -2.54. The van der Waals surface area contributed by atoms with E-state index in [0.29, 0.717) is 33.9 Å². The summed E-state index contributed by atoms with van der Waals surface area (Å²) in [6.45, 7) is 5.37. The summed E-state index contributed by atoms with van der Waals surface area (Å²) < 4.78 is 7.19. The standard InChI is InChI=1S/C25H22N4O6/c1-14-7-5-6-8-20(14)28-24(31)19(23(30)26-25(28)32)12-17-11-15(2)27(16(17)3)21-10-9-18(29(33)34)13-22(21)35-4/h5-13H,1-4H3,(H,26,30,32)/b19-12+. The Hall–Kier alpha value is -4.73. The first kappa shape index (κ1) is 23.4. The van der Waals surface area contributed by atoms with Gasteiger partial charge in [0, 0.05) is 17.5 Å². The summed E-state index contributed by atoms with van der Waals surface area (Å²) in [4.78, 5) is 50.0. The fraction of sp³-hybridized carbons (Fsp3) is 0.160. The van der Waals surface area contributed by atoms with E-state index in [2.05, 4.69) is 5.32 Å². The molecule has 4 rings (SSSR count). The minimum atomic E-state index is -0.812. The van der Waals surface area contributed by atoms with Gasteiger partial charge in [0.2, 0.25) is 0 Å². The number of methoxy groups -OCH3 is 1. The van der Waals surface area contributed by atoms with Gasteiger partial charge in [-0.25, -0.2) is 9.69 Å². The van der Waals surface area contributed by atoms with E-state index < -0.39 is 22.8 Å². The molecule has 35 heavy (non-hydrogen) atoms. The molecule has 0 spiro atoms. The lowest BCUT2D eigenvalue weighted by atomic mass is 10.1. The summed E-state index contributed by atoms with van der Waals surface area (Å²) in [5.74, 6) is -1.23. The first-order valence-electron chi connectivity index (χ1n) is 10.6. The Labute approximate surface area is 200 Å². The number of nitrogens with one attached hydrogen (secondary N) is 1. The zero-order valence-electron chi connectivity index (χ0n) is 19.5. The van der Waals surface area contributed by atoms with E-state index in [-0.39, 0.29) is 11.3 Å². The molecule has 1 saturated heterocycles. The van der Waals surface area contributed by atoms with Crippen molar-refractivity contribution < 1.29 is 24.0 Å². The second-order valence-electron chi connectivity index (χ2n) is 8.02. The number of barbiturate groups is 1. The molecule has 1 N–H and O–H groups in total. The van der Waals surface area contributed by atoms with Crippen LogP contribution in [-0.4, -0.2) is 34.4 Å². The molecule has 10 nitrogen and oxygen atoms in total. The number of anilines is 1. The van der Waals surface area contributed by atoms with Gasteiger partial charge in [0.05, 0.1) is 29.5 Å². The molecular weight excluding hydrogens is 452 g/mol. The molecule has 1 aliphatic heterocycles. The molecular formula is C25H22N4O6. The van der Waals surface area contributed by atoms with Crippen molar-refractivity contribution in [3.05, 3.63) is 86.7 Å². The Kier molecular flexibility index (Phi) is 5.96. The van der Waals surface area contributed by atoms with E-state index in [9.17, 15) is 24.5 Å². The van der Waals surface area contributed by atoms with Crippen molar-refractivity contribution in [3.8, 4) is 11.4 Å². The van der Waals surface area contributed by atoms with E-state index in [0.717, 1.165) is 10.6 Å². The molecule has 1 fully saturated rings. The predicted octanol–water partition coefficient (Wildman–Crippen LogP) is 3.99. The van der Waals surface area contributed by atoms with Crippen LogP contribution in [0.5, 0.6) is 5.75 Å². The molecule has 2 heterocycles. The fourth-order valence-corrected chi connectivity index (χ4v) is 4.12. The van der Waals surface area contributed by atoms with Gasteiger partial charge >= 0.3 is 6.03 Å². The Balaban J connectivity index is 1.80. The lowest BCUT2D eigenvalue weighted by Gasteiger charge is -2.27. The third-order valence-corrected chi connectivity index (χ3v) is 5.84. The fourth-order valence-electron chi connectivity index (χ4n) is 4.12. The van der Waals surface area contributed by atoms with Crippen molar-refractivity contribution >= 4 is 35.3 Å². The maximum Gasteiger partial charge on any atom is 0.335 e. The number of nitro benzene ring substituents is 1. The van der Waals surface area contributed by atoms with Crippen LogP contribution in [0, 0.1) is 30.9 Å². The molecule has 0 bridgehead atoms. The minimum absolute atomic E-state index is 0.110. The molecule has 0 aliphatic carbocycles. The average molecular weight is 474 g/mol. The number of carbonyl (C=O) groups is 3. The van der Waals surface area contributed by atoms with Gasteiger partial charge in [0.25, 0.3) is 17.5 Å². The number of aromatic nitrogens is 1. The van der Waals surface area contributed by atoms with Crippen LogP contribution in [0.15, 0.2) is 54.1 Å². The summed E-state index contributed by atoms with van der Waals surface area (Å²) >= 11 is 0. The van der Waals surface area contributed by atoms with Crippen molar-refractivity contribution in [2.24, 2.45) is 0 Å². The second-order valence-corrected chi connectivity index (χ2v) is 8.02. The van der Waals surface area contributed by atoms with Crippen LogP contribution in [0.4, 0.5) is 16.2 Å². The van der Waals surface area contributed by atoms with Crippen LogP contribution in [0.1, 0.15) is 22.5 Å². The van der Waals surface area contributed by atoms with E-state index in [4.69, 9.17) is 4.74 Å². The lowest BCUT2D eigenvalue weighted by molar-refractivity contribution is -0.384. The largest absolute Gasteiger partial charge is 0.494 e. The number of ether oxygens (including phenoxy) is 1.